The Balaban J connectivity index is 4.13. The second-order valence-corrected chi connectivity index (χ2v) is 9.06. The summed E-state index contributed by atoms with van der Waals surface area (Å²) in [5, 5.41) is 21.5. The largest absolute Gasteiger partial charge is 0.550 e. The summed E-state index contributed by atoms with van der Waals surface area (Å²) >= 11 is 0. The molecule has 0 amide bonds. The third-order valence-corrected chi connectivity index (χ3v) is 5.75. The Morgan fingerprint density at radius 2 is 1.03 bits per heavy atom. The molecule has 194 valence electrons. The van der Waals surface area contributed by atoms with Crippen LogP contribution in [0.1, 0.15) is 129 Å². The van der Waals surface area contributed by atoms with E-state index in [1.165, 1.54) is 44.9 Å². The predicted molar refractivity (Wildman–Crippen MR) is 126 cm³/mol. The van der Waals surface area contributed by atoms with Gasteiger partial charge in [0.2, 0.25) is 0 Å². The molecular weight excluding hydrogens is 424 g/mol. The topological polar surface area (TPSA) is 113 Å². The summed E-state index contributed by atoms with van der Waals surface area (Å²) < 4.78 is 10.1. The molecule has 0 fully saturated rings. The molecule has 1 atom stereocenters. The maximum absolute atomic E-state index is 12.3. The van der Waals surface area contributed by atoms with Gasteiger partial charge in [0.1, 0.15) is 0 Å². The number of carbonyl (C=O) groups is 3. The highest BCUT2D eigenvalue weighted by Crippen LogP contribution is 2.19. The standard InChI is InChI=1S/C26H48O7/c1-3-5-7-9-11-12-13-14-16-18-20-33-25(30)26(31,21-23(27)28)22-24(29)32-19-17-15-10-8-6-4-2/h31H,3-22H2,1-2H3,(H,27,28)/p-1. The van der Waals surface area contributed by atoms with Crippen molar-refractivity contribution in [1.29, 1.82) is 0 Å². The van der Waals surface area contributed by atoms with E-state index in [0.717, 1.165) is 44.9 Å². The van der Waals surface area contributed by atoms with E-state index in [9.17, 15) is 24.6 Å². The number of rotatable bonds is 23. The zero-order valence-electron chi connectivity index (χ0n) is 21.0. The number of aliphatic carboxylic acids is 1. The Morgan fingerprint density at radius 3 is 1.45 bits per heavy atom. The summed E-state index contributed by atoms with van der Waals surface area (Å²) in [5.74, 6) is -3.56. The molecule has 0 aromatic heterocycles. The van der Waals surface area contributed by atoms with E-state index in [4.69, 9.17) is 9.47 Å². The lowest BCUT2D eigenvalue weighted by molar-refractivity contribution is -0.309. The maximum atomic E-state index is 12.3. The Kier molecular flexibility index (Phi) is 19.9. The lowest BCUT2D eigenvalue weighted by Crippen LogP contribution is -2.47. The Morgan fingerprint density at radius 1 is 0.636 bits per heavy atom. The van der Waals surface area contributed by atoms with Crippen LogP contribution in [0.25, 0.3) is 0 Å². The molecule has 0 radical (unpaired) electrons. The molecule has 1 unspecified atom stereocenters. The summed E-state index contributed by atoms with van der Waals surface area (Å²) in [6, 6.07) is 0. The molecule has 0 saturated heterocycles. The molecule has 0 aromatic carbocycles. The molecule has 0 bridgehead atoms. The van der Waals surface area contributed by atoms with Gasteiger partial charge < -0.3 is 24.5 Å². The van der Waals surface area contributed by atoms with Crippen molar-refractivity contribution < 1.29 is 34.1 Å². The van der Waals surface area contributed by atoms with Gasteiger partial charge in [0.25, 0.3) is 0 Å². The molecule has 0 rings (SSSR count). The predicted octanol–water partition coefficient (Wildman–Crippen LogP) is 4.62. The molecule has 33 heavy (non-hydrogen) atoms. The molecule has 7 nitrogen and oxygen atoms in total. The third-order valence-electron chi connectivity index (χ3n) is 5.75. The second-order valence-electron chi connectivity index (χ2n) is 9.06. The van der Waals surface area contributed by atoms with Gasteiger partial charge in [-0.05, 0) is 12.8 Å². The quantitative estimate of drug-likeness (QED) is 0.171. The van der Waals surface area contributed by atoms with Crippen molar-refractivity contribution in [1.82, 2.24) is 0 Å². The summed E-state index contributed by atoms with van der Waals surface area (Å²) in [7, 11) is 0. The second kappa shape index (κ2) is 20.9. The van der Waals surface area contributed by atoms with Gasteiger partial charge in [-0.15, -0.1) is 0 Å². The number of carboxylic acid groups (broad SMARTS) is 1. The minimum Gasteiger partial charge on any atom is -0.550 e. The number of aliphatic hydroxyl groups is 1. The first-order chi connectivity index (χ1) is 15.9. The molecule has 7 heteroatoms. The number of unbranched alkanes of at least 4 members (excludes halogenated alkanes) is 14. The van der Waals surface area contributed by atoms with Crippen LogP contribution in [0.3, 0.4) is 0 Å². The lowest BCUT2D eigenvalue weighted by Gasteiger charge is -2.25. The van der Waals surface area contributed by atoms with Gasteiger partial charge in [-0.2, -0.15) is 0 Å². The minimum absolute atomic E-state index is 0.0809. The van der Waals surface area contributed by atoms with Crippen LogP contribution in [0.15, 0.2) is 0 Å². The van der Waals surface area contributed by atoms with E-state index in [2.05, 4.69) is 13.8 Å². The zero-order chi connectivity index (χ0) is 24.8. The van der Waals surface area contributed by atoms with Crippen LogP contribution in [0.5, 0.6) is 0 Å². The van der Waals surface area contributed by atoms with Crippen molar-refractivity contribution >= 4 is 17.9 Å². The molecule has 0 aliphatic carbocycles. The van der Waals surface area contributed by atoms with Crippen LogP contribution in [-0.4, -0.2) is 41.8 Å². The van der Waals surface area contributed by atoms with E-state index in [0.29, 0.717) is 12.8 Å². The first-order valence-electron chi connectivity index (χ1n) is 13.1. The first-order valence-corrected chi connectivity index (χ1v) is 13.1. The molecule has 0 aromatic rings. The van der Waals surface area contributed by atoms with Crippen LogP contribution in [0.2, 0.25) is 0 Å². The van der Waals surface area contributed by atoms with E-state index in [1.807, 2.05) is 0 Å². The van der Waals surface area contributed by atoms with E-state index >= 15 is 0 Å². The smallest absolute Gasteiger partial charge is 0.339 e. The number of hydrogen-bond acceptors (Lipinski definition) is 7. The van der Waals surface area contributed by atoms with Crippen LogP contribution in [0.4, 0.5) is 0 Å². The van der Waals surface area contributed by atoms with Crippen LogP contribution < -0.4 is 5.11 Å². The van der Waals surface area contributed by atoms with Crippen molar-refractivity contribution in [2.24, 2.45) is 0 Å². The fourth-order valence-corrected chi connectivity index (χ4v) is 3.69. The molecule has 0 heterocycles. The van der Waals surface area contributed by atoms with Crippen molar-refractivity contribution in [2.45, 2.75) is 135 Å². The van der Waals surface area contributed by atoms with Gasteiger partial charge in [0, 0.05) is 12.4 Å². The highest BCUT2D eigenvalue weighted by Gasteiger charge is 2.40. The third kappa shape index (κ3) is 18.5. The molecule has 0 spiro atoms. The van der Waals surface area contributed by atoms with Gasteiger partial charge in [-0.3, -0.25) is 4.79 Å². The van der Waals surface area contributed by atoms with E-state index in [-0.39, 0.29) is 13.2 Å². The van der Waals surface area contributed by atoms with Gasteiger partial charge in [-0.25, -0.2) is 4.79 Å². The molecule has 0 aliphatic heterocycles. The number of carboxylic acids is 1. The SMILES string of the molecule is CCCCCCCCCCCCOC(=O)C(O)(CC(=O)[O-])CC(=O)OCCCCCCCC. The molecule has 0 aliphatic rings. The minimum atomic E-state index is -2.46. The summed E-state index contributed by atoms with van der Waals surface area (Å²) in [5.41, 5.74) is -2.46. The van der Waals surface area contributed by atoms with Crippen molar-refractivity contribution in [3.63, 3.8) is 0 Å². The molecular formula is C26H47O7-. The summed E-state index contributed by atoms with van der Waals surface area (Å²) in [4.78, 5) is 35.4. The van der Waals surface area contributed by atoms with E-state index < -0.39 is 36.4 Å². The van der Waals surface area contributed by atoms with Crippen molar-refractivity contribution in [2.75, 3.05) is 13.2 Å². The lowest BCUT2D eigenvalue weighted by atomic mass is 9.95. The average molecular weight is 472 g/mol. The number of carbonyl (C=O) groups excluding carboxylic acids is 3. The average Bonchev–Trinajstić information content (AvgIpc) is 2.76. The first kappa shape index (κ1) is 31.4. The molecule has 0 saturated carbocycles. The highest BCUT2D eigenvalue weighted by molar-refractivity contribution is 5.89. The number of hydrogen-bond donors (Lipinski definition) is 1. The van der Waals surface area contributed by atoms with Crippen molar-refractivity contribution in [3.8, 4) is 0 Å². The molecule has 1 N–H and O–H groups in total. The van der Waals surface area contributed by atoms with Crippen LogP contribution >= 0.6 is 0 Å². The maximum Gasteiger partial charge on any atom is 0.339 e. The summed E-state index contributed by atoms with van der Waals surface area (Å²) in [6.45, 7) is 4.60. The fourth-order valence-electron chi connectivity index (χ4n) is 3.69. The van der Waals surface area contributed by atoms with Gasteiger partial charge in [0.05, 0.1) is 19.6 Å². The normalized spacial score (nSPS) is 12.8. The number of ether oxygens (including phenoxy) is 2. The monoisotopic (exact) mass is 471 g/mol. The van der Waals surface area contributed by atoms with Gasteiger partial charge in [0.15, 0.2) is 5.60 Å². The zero-order valence-corrected chi connectivity index (χ0v) is 21.0. The van der Waals surface area contributed by atoms with Crippen molar-refractivity contribution in [3.05, 3.63) is 0 Å². The van der Waals surface area contributed by atoms with Gasteiger partial charge >= 0.3 is 11.9 Å². The van der Waals surface area contributed by atoms with E-state index in [1.54, 1.807) is 0 Å². The van der Waals surface area contributed by atoms with Gasteiger partial charge in [-0.1, -0.05) is 104 Å². The number of esters is 2. The van der Waals surface area contributed by atoms with Crippen LogP contribution in [-0.2, 0) is 23.9 Å². The summed E-state index contributed by atoms with van der Waals surface area (Å²) in [6.07, 6.45) is 15.7. The Bertz CT molecular complexity index is 521. The highest BCUT2D eigenvalue weighted by atomic mass is 16.6. The Hall–Kier alpha value is -1.63. The Labute approximate surface area is 200 Å². The fraction of sp³-hybridized carbons (Fsp3) is 0.885. The van der Waals surface area contributed by atoms with Crippen LogP contribution in [0, 0.1) is 0 Å².